The first-order valence-corrected chi connectivity index (χ1v) is 11.8. The average molecular weight is 401 g/mol. The lowest BCUT2D eigenvalue weighted by molar-refractivity contribution is 0.322. The molecule has 28 heavy (non-hydrogen) atoms. The second-order valence-corrected chi connectivity index (χ2v) is 10.4. The van der Waals surface area contributed by atoms with Gasteiger partial charge in [0.25, 0.3) is 0 Å². The molecule has 1 saturated heterocycles. The zero-order chi connectivity index (χ0) is 19.6. The van der Waals surface area contributed by atoms with E-state index in [2.05, 4.69) is 34.7 Å². The Hall–Kier alpha value is -1.88. The van der Waals surface area contributed by atoms with Gasteiger partial charge in [-0.15, -0.1) is 0 Å². The van der Waals surface area contributed by atoms with Gasteiger partial charge in [0.1, 0.15) is 12.4 Å². The van der Waals surface area contributed by atoms with E-state index in [-0.39, 0.29) is 5.66 Å². The van der Waals surface area contributed by atoms with E-state index in [9.17, 15) is 4.57 Å². The number of aryl methyl sites for hydroxylation is 2. The number of benzene rings is 1. The van der Waals surface area contributed by atoms with E-state index in [1.807, 2.05) is 25.3 Å². The van der Waals surface area contributed by atoms with Crippen LogP contribution in [0.25, 0.3) is 0 Å². The van der Waals surface area contributed by atoms with Crippen molar-refractivity contribution in [2.75, 3.05) is 37.8 Å². The predicted molar refractivity (Wildman–Crippen MR) is 112 cm³/mol. The third-order valence-corrected chi connectivity index (χ3v) is 8.37. The summed E-state index contributed by atoms with van der Waals surface area (Å²) in [6.07, 6.45) is 3.36. The lowest BCUT2D eigenvalue weighted by Gasteiger charge is -2.27. The van der Waals surface area contributed by atoms with Crippen molar-refractivity contribution in [3.8, 4) is 5.75 Å². The summed E-state index contributed by atoms with van der Waals surface area (Å²) in [4.78, 5) is 4.44. The maximum absolute atomic E-state index is 13.5. The van der Waals surface area contributed by atoms with Crippen LogP contribution >= 0.6 is 7.37 Å². The number of anilines is 1. The van der Waals surface area contributed by atoms with Crippen LogP contribution in [-0.4, -0.2) is 37.4 Å². The summed E-state index contributed by atoms with van der Waals surface area (Å²) >= 11 is 0. The number of hydrogen-bond acceptors (Lipinski definition) is 6. The molecule has 3 heterocycles. The smallest absolute Gasteiger partial charge is 0.211 e. The van der Waals surface area contributed by atoms with Gasteiger partial charge in [-0.25, -0.2) is 0 Å². The molecule has 1 fully saturated rings. The van der Waals surface area contributed by atoms with Crippen LogP contribution in [-0.2, 0) is 15.6 Å². The van der Waals surface area contributed by atoms with E-state index in [1.165, 1.54) is 0 Å². The summed E-state index contributed by atoms with van der Waals surface area (Å²) in [5.74, 6) is 0.845. The Labute approximate surface area is 166 Å². The molecule has 0 spiro atoms. The predicted octanol–water partition coefficient (Wildman–Crippen LogP) is 4.03. The molecule has 1 aromatic heterocycles. The second kappa shape index (κ2) is 8.24. The topological polar surface area (TPSA) is 72.5 Å². The van der Waals surface area contributed by atoms with E-state index in [1.54, 1.807) is 0 Å². The monoisotopic (exact) mass is 401 g/mol. The molecule has 0 aliphatic carbocycles. The Kier molecular flexibility index (Phi) is 5.72. The summed E-state index contributed by atoms with van der Waals surface area (Å²) in [6, 6.07) is 8.24. The van der Waals surface area contributed by atoms with Crippen molar-refractivity contribution < 1.29 is 13.8 Å². The van der Waals surface area contributed by atoms with Crippen molar-refractivity contribution in [3.63, 3.8) is 0 Å². The van der Waals surface area contributed by atoms with E-state index in [4.69, 9.17) is 9.26 Å². The van der Waals surface area contributed by atoms with Crippen molar-refractivity contribution in [2.45, 2.75) is 32.5 Å². The fourth-order valence-electron chi connectivity index (χ4n) is 3.89. The number of ether oxygens (including phenoxy) is 1. The fourth-order valence-corrected chi connectivity index (χ4v) is 6.53. The molecule has 1 aromatic carbocycles. The van der Waals surface area contributed by atoms with E-state index in [0.29, 0.717) is 32.5 Å². The normalized spacial score (nSPS) is 22.2. The lowest BCUT2D eigenvalue weighted by atomic mass is 10.0. The van der Waals surface area contributed by atoms with Gasteiger partial charge in [0, 0.05) is 32.0 Å². The third kappa shape index (κ3) is 4.09. The minimum atomic E-state index is -2.75. The van der Waals surface area contributed by atoms with E-state index >= 15 is 0 Å². The minimum Gasteiger partial charge on any atom is -0.490 e. The van der Waals surface area contributed by atoms with Crippen LogP contribution < -0.4 is 15.4 Å². The van der Waals surface area contributed by atoms with Crippen molar-refractivity contribution >= 4 is 13.1 Å². The second-order valence-electron chi connectivity index (χ2n) is 7.60. The van der Waals surface area contributed by atoms with Crippen molar-refractivity contribution in [1.82, 2.24) is 10.3 Å². The van der Waals surface area contributed by atoms with Gasteiger partial charge in [-0.3, -0.25) is 9.55 Å². The van der Waals surface area contributed by atoms with E-state index in [0.717, 1.165) is 46.8 Å². The Bertz CT molecular complexity index is 875. The van der Waals surface area contributed by atoms with Crippen LogP contribution in [0.5, 0.6) is 5.75 Å². The van der Waals surface area contributed by atoms with E-state index < -0.39 is 7.37 Å². The maximum Gasteiger partial charge on any atom is 0.211 e. The van der Waals surface area contributed by atoms with Gasteiger partial charge in [-0.05, 0) is 49.1 Å². The molecule has 4 rings (SSSR count). The summed E-state index contributed by atoms with van der Waals surface area (Å²) in [7, 11) is -2.75. The van der Waals surface area contributed by atoms with Crippen LogP contribution in [0.4, 0.5) is 5.69 Å². The van der Waals surface area contributed by atoms with Gasteiger partial charge in [-0.2, -0.15) is 0 Å². The molecule has 7 heteroatoms. The van der Waals surface area contributed by atoms with Crippen LogP contribution in [0.2, 0.25) is 0 Å². The first-order valence-electron chi connectivity index (χ1n) is 9.92. The molecule has 150 valence electrons. The molecule has 0 radical (unpaired) electrons. The van der Waals surface area contributed by atoms with Crippen molar-refractivity contribution in [1.29, 1.82) is 0 Å². The number of nitrogens with zero attached hydrogens (tertiary/aromatic N) is 1. The molecule has 0 saturated carbocycles. The summed E-state index contributed by atoms with van der Waals surface area (Å²) in [6.45, 7) is 7.34. The number of pyridine rings is 1. The highest BCUT2D eigenvalue weighted by Crippen LogP contribution is 2.63. The first kappa shape index (κ1) is 19.4. The SMILES string of the molecule is Cc1ccc(CNCC(c2cc(C)c3c(c2)OCCN3)P2(=O)CCCO2)nc1. The standard InChI is InChI=1S/C21H28N3O3P/c1-15-4-5-18(24-12-15)13-22-14-20(28(25)9-3-7-27-28)17-10-16(2)21-19(11-17)26-8-6-23-21/h4-5,10-12,20,22-23H,3,6-9,13-14H2,1-2H3. The zero-order valence-corrected chi connectivity index (χ0v) is 17.4. The summed E-state index contributed by atoms with van der Waals surface area (Å²) < 4.78 is 25.2. The highest BCUT2D eigenvalue weighted by atomic mass is 31.2. The van der Waals surface area contributed by atoms with Gasteiger partial charge < -0.3 is 19.9 Å². The van der Waals surface area contributed by atoms with Crippen molar-refractivity contribution in [2.24, 2.45) is 0 Å². The zero-order valence-electron chi connectivity index (χ0n) is 16.5. The highest BCUT2D eigenvalue weighted by molar-refractivity contribution is 7.59. The molecule has 6 nitrogen and oxygen atoms in total. The van der Waals surface area contributed by atoms with Crippen molar-refractivity contribution in [3.05, 3.63) is 52.8 Å². The molecule has 0 bridgehead atoms. The Morgan fingerprint density at radius 1 is 1.29 bits per heavy atom. The van der Waals surface area contributed by atoms with Gasteiger partial charge >= 0.3 is 0 Å². The molecular formula is C21H28N3O3P. The maximum atomic E-state index is 13.5. The Morgan fingerprint density at radius 3 is 2.93 bits per heavy atom. The van der Waals surface area contributed by atoms with Gasteiger partial charge in [0.15, 0.2) is 0 Å². The molecule has 2 aliphatic rings. The number of aromatic nitrogens is 1. The van der Waals surface area contributed by atoms with Crippen LogP contribution in [0, 0.1) is 13.8 Å². The number of hydrogen-bond donors (Lipinski definition) is 2. The van der Waals surface area contributed by atoms with Crippen LogP contribution in [0.1, 0.15) is 34.5 Å². The number of nitrogens with one attached hydrogen (secondary N) is 2. The molecule has 2 unspecified atom stereocenters. The number of fused-ring (bicyclic) bond motifs is 1. The first-order chi connectivity index (χ1) is 13.5. The molecule has 2 N–H and O–H groups in total. The Morgan fingerprint density at radius 2 is 2.18 bits per heavy atom. The molecule has 2 aromatic rings. The lowest BCUT2D eigenvalue weighted by Crippen LogP contribution is -2.23. The molecule has 2 aliphatic heterocycles. The van der Waals surface area contributed by atoms with Crippen LogP contribution in [0.15, 0.2) is 30.5 Å². The number of rotatable bonds is 6. The largest absolute Gasteiger partial charge is 0.490 e. The summed E-state index contributed by atoms with van der Waals surface area (Å²) in [5, 5.41) is 6.85. The third-order valence-electron chi connectivity index (χ3n) is 5.38. The molecule has 2 atom stereocenters. The molecular weight excluding hydrogens is 373 g/mol. The fraction of sp³-hybridized carbons (Fsp3) is 0.476. The summed E-state index contributed by atoms with van der Waals surface area (Å²) in [5.41, 5.74) is 5.11. The van der Waals surface area contributed by atoms with Gasteiger partial charge in [-0.1, -0.05) is 12.1 Å². The molecule has 0 amide bonds. The average Bonchev–Trinajstić information content (AvgIpc) is 3.14. The quantitative estimate of drug-likeness (QED) is 0.712. The van der Waals surface area contributed by atoms with Gasteiger partial charge in [0.2, 0.25) is 7.37 Å². The van der Waals surface area contributed by atoms with Crippen LogP contribution in [0.3, 0.4) is 0 Å². The highest BCUT2D eigenvalue weighted by Gasteiger charge is 2.39. The minimum absolute atomic E-state index is 0.185. The Balaban J connectivity index is 1.56. The van der Waals surface area contributed by atoms with Gasteiger partial charge in [0.05, 0.1) is 23.6 Å².